The predicted molar refractivity (Wildman–Crippen MR) is 126 cm³/mol. The topological polar surface area (TPSA) is 122 Å². The van der Waals surface area contributed by atoms with Gasteiger partial charge in [-0.25, -0.2) is 16.8 Å². The molecule has 0 radical (unpaired) electrons. The normalized spacial score (nSPS) is 17.7. The number of amides is 1. The lowest BCUT2D eigenvalue weighted by molar-refractivity contribution is -0.117. The molecule has 0 aromatic heterocycles. The zero-order valence-electron chi connectivity index (χ0n) is 19.0. The number of methoxy groups -OCH3 is 1. The van der Waals surface area contributed by atoms with Gasteiger partial charge in [0.05, 0.1) is 35.8 Å². The summed E-state index contributed by atoms with van der Waals surface area (Å²) in [5.41, 5.74) is 1.33. The van der Waals surface area contributed by atoms with Gasteiger partial charge in [-0.05, 0) is 55.3 Å². The number of benzene rings is 2. The molecule has 2 aromatic carbocycles. The standard InChI is InChI=1S/C22H27N3O7S2/c1-16-14-17(5-7-20(16)25-9-3-4-22(25)26)33(27,28)23-19-15-18(6-8-21(19)31-2)34(29,30)24-10-12-32-13-11-24/h5-8,14-15,23H,3-4,9-13H2,1-2H3. The summed E-state index contributed by atoms with van der Waals surface area (Å²) in [6.45, 7) is 3.39. The third-order valence-electron chi connectivity index (χ3n) is 5.87. The third-order valence-corrected chi connectivity index (χ3v) is 9.12. The van der Waals surface area contributed by atoms with Gasteiger partial charge in [0.1, 0.15) is 5.75 Å². The van der Waals surface area contributed by atoms with Crippen LogP contribution in [0.5, 0.6) is 5.75 Å². The molecule has 0 atom stereocenters. The number of rotatable bonds is 7. The highest BCUT2D eigenvalue weighted by Crippen LogP contribution is 2.32. The Morgan fingerprint density at radius 1 is 0.971 bits per heavy atom. The molecule has 34 heavy (non-hydrogen) atoms. The Bertz CT molecular complexity index is 1300. The fraction of sp³-hybridized carbons (Fsp3) is 0.409. The van der Waals surface area contributed by atoms with Crippen molar-refractivity contribution in [1.82, 2.24) is 4.31 Å². The maximum Gasteiger partial charge on any atom is 0.262 e. The molecule has 0 saturated carbocycles. The summed E-state index contributed by atoms with van der Waals surface area (Å²) in [5.74, 6) is 0.195. The Kier molecular flexibility index (Phi) is 6.85. The Labute approximate surface area is 199 Å². The number of nitrogens with one attached hydrogen (secondary N) is 1. The molecule has 2 aliphatic heterocycles. The summed E-state index contributed by atoms with van der Waals surface area (Å²) >= 11 is 0. The number of anilines is 2. The molecule has 10 nitrogen and oxygen atoms in total. The van der Waals surface area contributed by atoms with Crippen LogP contribution in [-0.2, 0) is 29.6 Å². The van der Waals surface area contributed by atoms with Crippen LogP contribution in [0.1, 0.15) is 18.4 Å². The lowest BCUT2D eigenvalue weighted by Gasteiger charge is -2.26. The maximum atomic E-state index is 13.2. The van der Waals surface area contributed by atoms with Gasteiger partial charge in [-0.3, -0.25) is 9.52 Å². The van der Waals surface area contributed by atoms with Gasteiger partial charge in [-0.1, -0.05) is 0 Å². The minimum Gasteiger partial charge on any atom is -0.495 e. The number of nitrogens with zero attached hydrogens (tertiary/aromatic N) is 2. The first-order valence-corrected chi connectivity index (χ1v) is 13.8. The summed E-state index contributed by atoms with van der Waals surface area (Å²) in [5, 5.41) is 0. The van der Waals surface area contributed by atoms with Crippen molar-refractivity contribution in [2.45, 2.75) is 29.6 Å². The van der Waals surface area contributed by atoms with Crippen LogP contribution in [0.4, 0.5) is 11.4 Å². The van der Waals surface area contributed by atoms with Crippen LogP contribution in [-0.4, -0.2) is 67.0 Å². The Morgan fingerprint density at radius 3 is 2.29 bits per heavy atom. The number of hydrogen-bond acceptors (Lipinski definition) is 7. The Balaban J connectivity index is 1.64. The Hall–Kier alpha value is -2.67. The van der Waals surface area contributed by atoms with Gasteiger partial charge in [0, 0.05) is 31.7 Å². The quantitative estimate of drug-likeness (QED) is 0.605. The van der Waals surface area contributed by atoms with Crippen LogP contribution in [0.15, 0.2) is 46.2 Å². The second-order valence-electron chi connectivity index (χ2n) is 8.08. The first-order valence-electron chi connectivity index (χ1n) is 10.8. The molecule has 0 unspecified atom stereocenters. The lowest BCUT2D eigenvalue weighted by atomic mass is 10.2. The predicted octanol–water partition coefficient (Wildman–Crippen LogP) is 1.95. The minimum atomic E-state index is -4.07. The number of carbonyl (C=O) groups excluding carboxylic acids is 1. The van der Waals surface area contributed by atoms with Crippen molar-refractivity contribution in [3.05, 3.63) is 42.0 Å². The monoisotopic (exact) mass is 509 g/mol. The van der Waals surface area contributed by atoms with E-state index in [1.807, 2.05) is 0 Å². The number of aryl methyl sites for hydroxylation is 1. The number of ether oxygens (including phenoxy) is 2. The van der Waals surface area contributed by atoms with Crippen molar-refractivity contribution in [3.63, 3.8) is 0 Å². The second-order valence-corrected chi connectivity index (χ2v) is 11.7. The highest BCUT2D eigenvalue weighted by molar-refractivity contribution is 7.92. The third kappa shape index (κ3) is 4.76. The van der Waals surface area contributed by atoms with Crippen molar-refractivity contribution < 1.29 is 31.1 Å². The highest BCUT2D eigenvalue weighted by Gasteiger charge is 2.28. The van der Waals surface area contributed by atoms with Crippen LogP contribution in [0, 0.1) is 6.92 Å². The van der Waals surface area contributed by atoms with Crippen molar-refractivity contribution >= 4 is 37.3 Å². The maximum absolute atomic E-state index is 13.2. The van der Waals surface area contributed by atoms with Crippen molar-refractivity contribution in [3.8, 4) is 5.75 Å². The summed E-state index contributed by atoms with van der Waals surface area (Å²) in [6.07, 6.45) is 1.24. The molecule has 12 heteroatoms. The molecule has 2 fully saturated rings. The number of sulfonamides is 2. The largest absolute Gasteiger partial charge is 0.495 e. The average Bonchev–Trinajstić information content (AvgIpc) is 3.24. The van der Waals surface area contributed by atoms with Crippen LogP contribution in [0.2, 0.25) is 0 Å². The number of carbonyl (C=O) groups is 1. The molecule has 0 aliphatic carbocycles. The molecule has 1 amide bonds. The number of morpholine rings is 1. The van der Waals surface area contributed by atoms with E-state index in [1.165, 1.54) is 41.7 Å². The van der Waals surface area contributed by atoms with Gasteiger partial charge in [0.15, 0.2) is 0 Å². The molecule has 2 heterocycles. The number of hydrogen-bond donors (Lipinski definition) is 1. The zero-order valence-corrected chi connectivity index (χ0v) is 20.6. The highest BCUT2D eigenvalue weighted by atomic mass is 32.2. The van der Waals surface area contributed by atoms with E-state index in [-0.39, 0.29) is 40.2 Å². The molecule has 0 bridgehead atoms. The van der Waals surface area contributed by atoms with Gasteiger partial charge >= 0.3 is 0 Å². The van der Waals surface area contributed by atoms with Crippen LogP contribution in [0.3, 0.4) is 0 Å². The molecule has 2 aliphatic rings. The van der Waals surface area contributed by atoms with Gasteiger partial charge < -0.3 is 14.4 Å². The summed E-state index contributed by atoms with van der Waals surface area (Å²) in [4.78, 5) is 13.7. The van der Waals surface area contributed by atoms with E-state index >= 15 is 0 Å². The average molecular weight is 510 g/mol. The van der Waals surface area contributed by atoms with E-state index in [9.17, 15) is 21.6 Å². The van der Waals surface area contributed by atoms with Crippen molar-refractivity contribution in [1.29, 1.82) is 0 Å². The van der Waals surface area contributed by atoms with E-state index in [0.29, 0.717) is 37.4 Å². The molecule has 4 rings (SSSR count). The minimum absolute atomic E-state index is 0.00767. The molecule has 2 aromatic rings. The smallest absolute Gasteiger partial charge is 0.262 e. The van der Waals surface area contributed by atoms with E-state index in [0.717, 1.165) is 6.42 Å². The lowest BCUT2D eigenvalue weighted by Crippen LogP contribution is -2.40. The van der Waals surface area contributed by atoms with Crippen molar-refractivity contribution in [2.24, 2.45) is 0 Å². The molecular weight excluding hydrogens is 482 g/mol. The van der Waals surface area contributed by atoms with Crippen LogP contribution >= 0.6 is 0 Å². The first-order chi connectivity index (χ1) is 16.1. The zero-order chi connectivity index (χ0) is 24.5. The van der Waals surface area contributed by atoms with Gasteiger partial charge in [-0.15, -0.1) is 0 Å². The summed E-state index contributed by atoms with van der Waals surface area (Å²) in [7, 11) is -6.53. The molecular formula is C22H27N3O7S2. The van der Waals surface area contributed by atoms with Gasteiger partial charge in [0.25, 0.3) is 10.0 Å². The fourth-order valence-corrected chi connectivity index (χ4v) is 6.65. The second kappa shape index (κ2) is 9.53. The van der Waals surface area contributed by atoms with E-state index in [1.54, 1.807) is 17.9 Å². The SMILES string of the molecule is COc1ccc(S(=O)(=O)N2CCOCC2)cc1NS(=O)(=O)c1ccc(N2CCCC2=O)c(C)c1. The molecule has 1 N–H and O–H groups in total. The van der Waals surface area contributed by atoms with E-state index < -0.39 is 20.0 Å². The first kappa shape index (κ1) is 24.5. The fourth-order valence-electron chi connectivity index (χ4n) is 4.07. The summed E-state index contributed by atoms with van der Waals surface area (Å²) < 4.78 is 66.6. The van der Waals surface area contributed by atoms with Crippen LogP contribution in [0.25, 0.3) is 0 Å². The summed E-state index contributed by atoms with van der Waals surface area (Å²) in [6, 6.07) is 8.59. The molecule has 184 valence electrons. The molecule has 0 spiro atoms. The van der Waals surface area contributed by atoms with Crippen LogP contribution < -0.4 is 14.4 Å². The van der Waals surface area contributed by atoms with E-state index in [2.05, 4.69) is 4.72 Å². The Morgan fingerprint density at radius 2 is 1.68 bits per heavy atom. The van der Waals surface area contributed by atoms with Gasteiger partial charge in [-0.2, -0.15) is 4.31 Å². The van der Waals surface area contributed by atoms with Crippen molar-refractivity contribution in [2.75, 3.05) is 49.6 Å². The molecule has 2 saturated heterocycles. The van der Waals surface area contributed by atoms with E-state index in [4.69, 9.17) is 9.47 Å². The van der Waals surface area contributed by atoms with Gasteiger partial charge in [0.2, 0.25) is 15.9 Å².